The Morgan fingerprint density at radius 2 is 2.06 bits per heavy atom. The topological polar surface area (TPSA) is 103 Å². The number of anilines is 1. The number of H-pyrrole nitrogens is 1. The second kappa shape index (κ2) is 9.42. The summed E-state index contributed by atoms with van der Waals surface area (Å²) in [6.45, 7) is 3.43. The molecule has 31 heavy (non-hydrogen) atoms. The van der Waals surface area contributed by atoms with Crippen LogP contribution in [0.4, 0.5) is 5.82 Å². The molecule has 1 aliphatic heterocycles. The van der Waals surface area contributed by atoms with Gasteiger partial charge in [0.1, 0.15) is 5.82 Å². The van der Waals surface area contributed by atoms with Gasteiger partial charge >= 0.3 is 0 Å². The molecule has 3 heterocycles. The molecular formula is C23H26N6O2. The summed E-state index contributed by atoms with van der Waals surface area (Å²) in [5.74, 6) is 0.712. The molecule has 2 aromatic heterocycles. The van der Waals surface area contributed by atoms with Gasteiger partial charge in [-0.25, -0.2) is 4.98 Å². The summed E-state index contributed by atoms with van der Waals surface area (Å²) in [5, 5.41) is 13.3. The van der Waals surface area contributed by atoms with Crippen molar-refractivity contribution < 1.29 is 9.59 Å². The molecule has 3 N–H and O–H groups in total. The van der Waals surface area contributed by atoms with E-state index in [4.69, 9.17) is 0 Å². The number of carbonyl (C=O) groups excluding carboxylic acids is 2. The summed E-state index contributed by atoms with van der Waals surface area (Å²) in [4.78, 5) is 29.6. The molecule has 0 saturated carbocycles. The van der Waals surface area contributed by atoms with E-state index in [-0.39, 0.29) is 24.3 Å². The lowest BCUT2D eigenvalue weighted by atomic mass is 9.97. The maximum atomic E-state index is 12.3. The van der Waals surface area contributed by atoms with E-state index in [1.54, 1.807) is 11.1 Å². The number of aromatic amines is 1. The van der Waals surface area contributed by atoms with Crippen LogP contribution in [0, 0.1) is 0 Å². The van der Waals surface area contributed by atoms with Crippen molar-refractivity contribution in [2.45, 2.75) is 25.8 Å². The molecule has 4 rings (SSSR count). The number of pyridine rings is 1. The predicted octanol–water partition coefficient (Wildman–Crippen LogP) is 2.54. The first kappa shape index (κ1) is 20.6. The van der Waals surface area contributed by atoms with Gasteiger partial charge in [-0.3, -0.25) is 14.7 Å². The molecule has 0 radical (unpaired) electrons. The third kappa shape index (κ3) is 5.09. The number of carbonyl (C=O) groups is 2. The molecule has 3 aromatic rings. The number of likely N-dealkylation sites (tertiary alicyclic amines) is 1. The van der Waals surface area contributed by atoms with Crippen LogP contribution in [-0.4, -0.2) is 51.5 Å². The highest BCUT2D eigenvalue weighted by Gasteiger charge is 2.30. The Balaban J connectivity index is 1.44. The van der Waals surface area contributed by atoms with E-state index in [1.807, 2.05) is 36.5 Å². The van der Waals surface area contributed by atoms with Crippen molar-refractivity contribution in [1.82, 2.24) is 25.4 Å². The molecule has 0 unspecified atom stereocenters. The van der Waals surface area contributed by atoms with Gasteiger partial charge in [0.2, 0.25) is 11.8 Å². The molecule has 0 spiro atoms. The van der Waals surface area contributed by atoms with E-state index in [2.05, 4.69) is 37.9 Å². The van der Waals surface area contributed by atoms with Gasteiger partial charge in [0.15, 0.2) is 0 Å². The van der Waals surface area contributed by atoms with Crippen LogP contribution in [0.5, 0.6) is 0 Å². The van der Waals surface area contributed by atoms with Gasteiger partial charge in [-0.2, -0.15) is 5.10 Å². The van der Waals surface area contributed by atoms with E-state index in [0.29, 0.717) is 19.6 Å². The number of nitrogens with zero attached hydrogens (tertiary/aromatic N) is 3. The Bertz CT molecular complexity index is 1050. The van der Waals surface area contributed by atoms with Crippen molar-refractivity contribution in [3.05, 3.63) is 66.1 Å². The largest absolute Gasteiger partial charge is 0.366 e. The van der Waals surface area contributed by atoms with Crippen LogP contribution < -0.4 is 10.6 Å². The van der Waals surface area contributed by atoms with E-state index in [0.717, 1.165) is 29.1 Å². The fourth-order valence-corrected chi connectivity index (χ4v) is 3.85. The van der Waals surface area contributed by atoms with Gasteiger partial charge in [0, 0.05) is 49.9 Å². The summed E-state index contributed by atoms with van der Waals surface area (Å²) in [6, 6.07) is 14.2. The number of aromatic nitrogens is 3. The second-order valence-corrected chi connectivity index (χ2v) is 7.70. The first-order valence-electron chi connectivity index (χ1n) is 10.4. The van der Waals surface area contributed by atoms with Gasteiger partial charge in [-0.1, -0.05) is 30.3 Å². The highest BCUT2D eigenvalue weighted by Crippen LogP contribution is 2.33. The molecule has 8 nitrogen and oxygen atoms in total. The van der Waals surface area contributed by atoms with Crippen LogP contribution in [0.25, 0.3) is 11.1 Å². The highest BCUT2D eigenvalue weighted by atomic mass is 16.2. The predicted molar refractivity (Wildman–Crippen MR) is 118 cm³/mol. The van der Waals surface area contributed by atoms with Gasteiger partial charge in [0.25, 0.3) is 0 Å². The lowest BCUT2D eigenvalue weighted by Gasteiger charge is -2.17. The third-order valence-electron chi connectivity index (χ3n) is 5.49. The summed E-state index contributed by atoms with van der Waals surface area (Å²) in [7, 11) is 0. The first-order valence-corrected chi connectivity index (χ1v) is 10.4. The Kier molecular flexibility index (Phi) is 6.26. The Labute approximate surface area is 181 Å². The van der Waals surface area contributed by atoms with E-state index >= 15 is 0 Å². The molecule has 1 aromatic carbocycles. The number of rotatable bonds is 7. The van der Waals surface area contributed by atoms with Crippen molar-refractivity contribution in [3.8, 4) is 11.1 Å². The zero-order valence-corrected chi connectivity index (χ0v) is 17.5. The molecule has 1 saturated heterocycles. The molecule has 1 aliphatic rings. The van der Waals surface area contributed by atoms with Crippen LogP contribution in [0.3, 0.4) is 0 Å². The quantitative estimate of drug-likeness (QED) is 0.547. The number of hydrogen-bond acceptors (Lipinski definition) is 5. The van der Waals surface area contributed by atoms with Crippen molar-refractivity contribution in [2.24, 2.45) is 0 Å². The minimum atomic E-state index is -0.200. The fourth-order valence-electron chi connectivity index (χ4n) is 3.85. The van der Waals surface area contributed by atoms with E-state index < -0.39 is 0 Å². The minimum absolute atomic E-state index is 0.0404. The number of benzene rings is 1. The van der Waals surface area contributed by atoms with Gasteiger partial charge < -0.3 is 15.5 Å². The molecule has 160 valence electrons. The lowest BCUT2D eigenvalue weighted by Crippen LogP contribution is -2.38. The van der Waals surface area contributed by atoms with Crippen molar-refractivity contribution in [2.75, 3.05) is 25.0 Å². The zero-order chi connectivity index (χ0) is 21.6. The number of amides is 2. The Hall–Kier alpha value is -3.68. The monoisotopic (exact) mass is 418 g/mol. The molecule has 8 heteroatoms. The average molecular weight is 419 g/mol. The van der Waals surface area contributed by atoms with Crippen LogP contribution in [-0.2, 0) is 16.1 Å². The van der Waals surface area contributed by atoms with Crippen LogP contribution in [0.2, 0.25) is 0 Å². The molecule has 0 aliphatic carbocycles. The summed E-state index contributed by atoms with van der Waals surface area (Å²) >= 11 is 0. The fraction of sp³-hybridized carbons (Fsp3) is 0.304. The normalized spacial score (nSPS) is 15.6. The van der Waals surface area contributed by atoms with Gasteiger partial charge in [0.05, 0.1) is 12.7 Å². The summed E-state index contributed by atoms with van der Waals surface area (Å²) in [5.41, 5.74) is 4.26. The highest BCUT2D eigenvalue weighted by molar-refractivity contribution is 5.84. The SMILES string of the molecule is CC(=O)NCC(=O)N1CC[C@H](c2[nH]ncc2-c2ccnc(NCc3ccccc3)c2)C1. The molecule has 0 bridgehead atoms. The zero-order valence-electron chi connectivity index (χ0n) is 17.5. The maximum Gasteiger partial charge on any atom is 0.241 e. The first-order chi connectivity index (χ1) is 15.1. The van der Waals surface area contributed by atoms with Crippen LogP contribution in [0.1, 0.15) is 30.5 Å². The smallest absolute Gasteiger partial charge is 0.241 e. The van der Waals surface area contributed by atoms with Crippen LogP contribution in [0.15, 0.2) is 54.9 Å². The summed E-state index contributed by atoms with van der Waals surface area (Å²) in [6.07, 6.45) is 4.47. The van der Waals surface area contributed by atoms with Crippen molar-refractivity contribution in [3.63, 3.8) is 0 Å². The molecule has 1 atom stereocenters. The maximum absolute atomic E-state index is 12.3. The number of hydrogen-bond donors (Lipinski definition) is 3. The van der Waals surface area contributed by atoms with Gasteiger partial charge in [-0.05, 0) is 29.7 Å². The van der Waals surface area contributed by atoms with E-state index in [1.165, 1.54) is 12.5 Å². The molecule has 1 fully saturated rings. The van der Waals surface area contributed by atoms with Crippen molar-refractivity contribution >= 4 is 17.6 Å². The standard InChI is InChI=1S/C23H26N6O2/c1-16(30)25-14-22(31)29-10-8-19(15-29)23-20(13-27-28-23)18-7-9-24-21(11-18)26-12-17-5-3-2-4-6-17/h2-7,9,11,13,19H,8,10,12,14-15H2,1H3,(H,24,26)(H,25,30)(H,27,28)/t19-/m0/s1. The lowest BCUT2D eigenvalue weighted by molar-refractivity contribution is -0.131. The molecule has 2 amide bonds. The average Bonchev–Trinajstić information content (AvgIpc) is 3.46. The summed E-state index contributed by atoms with van der Waals surface area (Å²) < 4.78 is 0. The third-order valence-corrected chi connectivity index (χ3v) is 5.49. The van der Waals surface area contributed by atoms with Crippen molar-refractivity contribution in [1.29, 1.82) is 0 Å². The number of nitrogens with one attached hydrogen (secondary N) is 3. The van der Waals surface area contributed by atoms with E-state index in [9.17, 15) is 9.59 Å². The Morgan fingerprint density at radius 1 is 1.23 bits per heavy atom. The minimum Gasteiger partial charge on any atom is -0.366 e. The molecular weight excluding hydrogens is 392 g/mol. The van der Waals surface area contributed by atoms with Crippen LogP contribution >= 0.6 is 0 Å². The Morgan fingerprint density at radius 3 is 2.87 bits per heavy atom. The van der Waals surface area contributed by atoms with Gasteiger partial charge in [-0.15, -0.1) is 0 Å². The second-order valence-electron chi connectivity index (χ2n) is 7.70.